The standard InChI is InChI=1S/C13H26N2S/c1-16-10-4-2-3-7-14-13-6-9-15-8-5-12(13)11-15/h12-14H,2-11H2,1H3. The van der Waals surface area contributed by atoms with E-state index in [0.717, 1.165) is 12.0 Å². The van der Waals surface area contributed by atoms with Gasteiger partial charge in [-0.05, 0) is 63.2 Å². The lowest BCUT2D eigenvalue weighted by Gasteiger charge is -2.31. The molecular formula is C13H26N2S. The SMILES string of the molecule is CSCCCCCNC1CCN2CCC1C2. The Labute approximate surface area is 105 Å². The number of hydrogen-bond donors (Lipinski definition) is 1. The third-order valence-corrected chi connectivity index (χ3v) is 4.76. The number of rotatable bonds is 7. The third-order valence-electron chi connectivity index (χ3n) is 4.07. The van der Waals surface area contributed by atoms with E-state index in [-0.39, 0.29) is 0 Å². The average Bonchev–Trinajstić information content (AvgIpc) is 2.69. The molecule has 2 nitrogen and oxygen atoms in total. The maximum Gasteiger partial charge on any atom is 0.0120 e. The first kappa shape index (κ1) is 12.7. The van der Waals surface area contributed by atoms with E-state index in [4.69, 9.17) is 0 Å². The summed E-state index contributed by atoms with van der Waals surface area (Å²) in [5, 5.41) is 3.79. The Morgan fingerprint density at radius 2 is 2.06 bits per heavy atom. The number of fused-ring (bicyclic) bond motifs is 2. The molecule has 1 N–H and O–H groups in total. The van der Waals surface area contributed by atoms with Crippen LogP contribution in [0, 0.1) is 5.92 Å². The number of unbranched alkanes of at least 4 members (excludes halogenated alkanes) is 2. The van der Waals surface area contributed by atoms with Gasteiger partial charge < -0.3 is 10.2 Å². The summed E-state index contributed by atoms with van der Waals surface area (Å²) in [6, 6.07) is 0.833. The Balaban J connectivity index is 1.52. The van der Waals surface area contributed by atoms with Crippen molar-refractivity contribution in [3.05, 3.63) is 0 Å². The van der Waals surface area contributed by atoms with E-state index in [1.807, 2.05) is 11.8 Å². The topological polar surface area (TPSA) is 15.3 Å². The number of hydrogen-bond acceptors (Lipinski definition) is 3. The minimum Gasteiger partial charge on any atom is -0.314 e. The van der Waals surface area contributed by atoms with Gasteiger partial charge in [-0.2, -0.15) is 11.8 Å². The lowest BCUT2D eigenvalue weighted by atomic mass is 9.94. The Bertz CT molecular complexity index is 198. The molecule has 0 radical (unpaired) electrons. The van der Waals surface area contributed by atoms with Gasteiger partial charge in [0.1, 0.15) is 0 Å². The fraction of sp³-hybridized carbons (Fsp3) is 1.00. The normalized spacial score (nSPS) is 33.2. The summed E-state index contributed by atoms with van der Waals surface area (Å²) in [6.07, 6.45) is 9.18. The molecule has 0 spiro atoms. The largest absolute Gasteiger partial charge is 0.314 e. The van der Waals surface area contributed by atoms with Gasteiger partial charge in [-0.15, -0.1) is 0 Å². The van der Waals surface area contributed by atoms with Crippen LogP contribution in [-0.2, 0) is 0 Å². The first-order chi connectivity index (χ1) is 7.90. The molecule has 0 aliphatic carbocycles. The second-order valence-electron chi connectivity index (χ2n) is 5.25. The van der Waals surface area contributed by atoms with Crippen LogP contribution in [0.25, 0.3) is 0 Å². The van der Waals surface area contributed by atoms with Gasteiger partial charge in [0.25, 0.3) is 0 Å². The van der Waals surface area contributed by atoms with Gasteiger partial charge >= 0.3 is 0 Å². The predicted molar refractivity (Wildman–Crippen MR) is 73.2 cm³/mol. The third kappa shape index (κ3) is 3.64. The molecule has 0 aromatic rings. The molecule has 0 aromatic heterocycles. The minimum atomic E-state index is 0.833. The first-order valence-corrected chi connectivity index (χ1v) is 8.24. The van der Waals surface area contributed by atoms with Gasteiger partial charge in [-0.1, -0.05) is 6.42 Å². The van der Waals surface area contributed by atoms with Crippen molar-refractivity contribution in [3.8, 4) is 0 Å². The van der Waals surface area contributed by atoms with Crippen LogP contribution < -0.4 is 5.32 Å². The maximum absolute atomic E-state index is 3.79. The van der Waals surface area contributed by atoms with E-state index < -0.39 is 0 Å². The van der Waals surface area contributed by atoms with Crippen LogP contribution in [0.1, 0.15) is 32.1 Å². The summed E-state index contributed by atoms with van der Waals surface area (Å²) in [4.78, 5) is 2.63. The fourth-order valence-corrected chi connectivity index (χ4v) is 3.55. The van der Waals surface area contributed by atoms with E-state index in [1.54, 1.807) is 0 Å². The Kier molecular flexibility index (Phi) is 5.46. The summed E-state index contributed by atoms with van der Waals surface area (Å²) in [7, 11) is 0. The highest BCUT2D eigenvalue weighted by molar-refractivity contribution is 7.98. The van der Waals surface area contributed by atoms with Gasteiger partial charge in [0.2, 0.25) is 0 Å². The van der Waals surface area contributed by atoms with E-state index >= 15 is 0 Å². The van der Waals surface area contributed by atoms with Gasteiger partial charge in [-0.25, -0.2) is 0 Å². The number of piperidine rings is 1. The van der Waals surface area contributed by atoms with Crippen molar-refractivity contribution in [3.63, 3.8) is 0 Å². The van der Waals surface area contributed by atoms with Crippen LogP contribution in [-0.4, -0.2) is 49.1 Å². The molecule has 16 heavy (non-hydrogen) atoms. The maximum atomic E-state index is 3.79. The highest BCUT2D eigenvalue weighted by Gasteiger charge is 2.33. The van der Waals surface area contributed by atoms with Crippen LogP contribution in [0.2, 0.25) is 0 Å². The summed E-state index contributed by atoms with van der Waals surface area (Å²) in [6.45, 7) is 5.30. The monoisotopic (exact) mass is 242 g/mol. The summed E-state index contributed by atoms with van der Waals surface area (Å²) in [5.41, 5.74) is 0. The highest BCUT2D eigenvalue weighted by atomic mass is 32.2. The van der Waals surface area contributed by atoms with Crippen LogP contribution in [0.15, 0.2) is 0 Å². The zero-order valence-corrected chi connectivity index (χ0v) is 11.4. The Morgan fingerprint density at radius 1 is 1.19 bits per heavy atom. The van der Waals surface area contributed by atoms with Crippen molar-refractivity contribution in [1.82, 2.24) is 10.2 Å². The van der Waals surface area contributed by atoms with Crippen molar-refractivity contribution in [2.24, 2.45) is 5.92 Å². The van der Waals surface area contributed by atoms with Gasteiger partial charge in [-0.3, -0.25) is 0 Å². The molecule has 2 rings (SSSR count). The lowest BCUT2D eigenvalue weighted by Crippen LogP contribution is -2.44. The van der Waals surface area contributed by atoms with E-state index in [1.165, 1.54) is 64.0 Å². The van der Waals surface area contributed by atoms with Crippen LogP contribution in [0.3, 0.4) is 0 Å². The molecule has 3 atom stereocenters. The summed E-state index contributed by atoms with van der Waals surface area (Å²) in [5.74, 6) is 2.29. The molecule has 2 fully saturated rings. The molecule has 0 saturated carbocycles. The minimum absolute atomic E-state index is 0.833. The van der Waals surface area contributed by atoms with Crippen LogP contribution in [0.4, 0.5) is 0 Å². The first-order valence-electron chi connectivity index (χ1n) is 6.85. The molecule has 2 aliphatic heterocycles. The summed E-state index contributed by atoms with van der Waals surface area (Å²) < 4.78 is 0. The lowest BCUT2D eigenvalue weighted by molar-refractivity contribution is 0.221. The quantitative estimate of drug-likeness (QED) is 0.689. The number of thioether (sulfide) groups is 1. The van der Waals surface area contributed by atoms with Crippen molar-refractivity contribution >= 4 is 11.8 Å². The van der Waals surface area contributed by atoms with Crippen molar-refractivity contribution < 1.29 is 0 Å². The van der Waals surface area contributed by atoms with Crippen molar-refractivity contribution in [2.45, 2.75) is 38.1 Å². The molecule has 3 heteroatoms. The molecule has 2 heterocycles. The second-order valence-corrected chi connectivity index (χ2v) is 6.24. The number of nitrogens with one attached hydrogen (secondary N) is 1. The fourth-order valence-electron chi connectivity index (χ4n) is 3.06. The average molecular weight is 242 g/mol. The molecule has 0 amide bonds. The smallest absolute Gasteiger partial charge is 0.0120 e. The van der Waals surface area contributed by atoms with Gasteiger partial charge in [0.05, 0.1) is 0 Å². The van der Waals surface area contributed by atoms with Gasteiger partial charge in [0.15, 0.2) is 0 Å². The molecule has 2 aliphatic rings. The van der Waals surface area contributed by atoms with Crippen molar-refractivity contribution in [2.75, 3.05) is 38.2 Å². The van der Waals surface area contributed by atoms with E-state index in [2.05, 4.69) is 16.5 Å². The zero-order valence-electron chi connectivity index (χ0n) is 10.6. The van der Waals surface area contributed by atoms with Crippen LogP contribution in [0.5, 0.6) is 0 Å². The van der Waals surface area contributed by atoms with Crippen LogP contribution >= 0.6 is 11.8 Å². The molecule has 0 aromatic carbocycles. The predicted octanol–water partition coefficient (Wildman–Crippen LogP) is 2.20. The zero-order chi connectivity index (χ0) is 11.2. The molecule has 2 bridgehead atoms. The molecular weight excluding hydrogens is 216 g/mol. The van der Waals surface area contributed by atoms with E-state index in [9.17, 15) is 0 Å². The Hall–Kier alpha value is 0.270. The van der Waals surface area contributed by atoms with Crippen molar-refractivity contribution in [1.29, 1.82) is 0 Å². The second kappa shape index (κ2) is 6.87. The van der Waals surface area contributed by atoms with E-state index in [0.29, 0.717) is 0 Å². The molecule has 2 saturated heterocycles. The summed E-state index contributed by atoms with van der Waals surface area (Å²) >= 11 is 1.97. The molecule has 3 unspecified atom stereocenters. The highest BCUT2D eigenvalue weighted by Crippen LogP contribution is 2.26. The van der Waals surface area contributed by atoms with Gasteiger partial charge in [0, 0.05) is 12.6 Å². The molecule has 94 valence electrons. The number of nitrogens with zero attached hydrogens (tertiary/aromatic N) is 1. The Morgan fingerprint density at radius 3 is 2.94 bits per heavy atom.